The molecule has 0 bridgehead atoms. The van der Waals surface area contributed by atoms with Crippen LogP contribution in [0.25, 0.3) is 11.0 Å². The minimum atomic E-state index is -2.05. The molecule has 2 aromatic heterocycles. The van der Waals surface area contributed by atoms with E-state index < -0.39 is 8.38 Å². The van der Waals surface area contributed by atoms with Gasteiger partial charge in [-0.1, -0.05) is 20.3 Å². The third-order valence-corrected chi connectivity index (χ3v) is 6.45. The van der Waals surface area contributed by atoms with Crippen LogP contribution in [0, 0.1) is 5.41 Å². The van der Waals surface area contributed by atoms with Gasteiger partial charge >= 0.3 is 0 Å². The summed E-state index contributed by atoms with van der Waals surface area (Å²) < 4.78 is 13.1. The van der Waals surface area contributed by atoms with Gasteiger partial charge in [-0.3, -0.25) is 0 Å². The number of nitrogens with zero attached hydrogens (tertiary/aromatic N) is 4. The molecule has 0 amide bonds. The third kappa shape index (κ3) is 4.65. The third-order valence-electron chi connectivity index (χ3n) is 5.86. The lowest BCUT2D eigenvalue weighted by molar-refractivity contribution is -0.0384. The van der Waals surface area contributed by atoms with Crippen LogP contribution in [0.15, 0.2) is 6.20 Å². The van der Waals surface area contributed by atoms with Gasteiger partial charge in [-0.05, 0) is 42.7 Å². The topological polar surface area (TPSA) is 115 Å². The fourth-order valence-corrected chi connectivity index (χ4v) is 4.67. The number of hydrogen-bond donors (Lipinski definition) is 3. The quantitative estimate of drug-likeness (QED) is 0.440. The molecular formula is C18H27ClN5O4P. The molecule has 3 unspecified atom stereocenters. The second-order valence-electron chi connectivity index (χ2n) is 8.41. The monoisotopic (exact) mass is 443 g/mol. The van der Waals surface area contributed by atoms with Crippen molar-refractivity contribution in [1.82, 2.24) is 19.7 Å². The average Bonchev–Trinajstić information content (AvgIpc) is 3.34. The molecule has 1 saturated carbocycles. The molecule has 2 aliphatic rings. The highest BCUT2D eigenvalue weighted by atomic mass is 35.5. The Morgan fingerprint density at radius 2 is 2.17 bits per heavy atom. The number of nitrogens with one attached hydrogen (secondary N) is 1. The van der Waals surface area contributed by atoms with E-state index in [4.69, 9.17) is 30.9 Å². The van der Waals surface area contributed by atoms with Crippen molar-refractivity contribution in [3.63, 3.8) is 0 Å². The number of ether oxygens (including phenoxy) is 2. The molecule has 0 radical (unpaired) electrons. The van der Waals surface area contributed by atoms with E-state index in [9.17, 15) is 0 Å². The van der Waals surface area contributed by atoms with Crippen LogP contribution in [0.1, 0.15) is 52.2 Å². The molecule has 2 aromatic rings. The van der Waals surface area contributed by atoms with E-state index in [1.165, 1.54) is 12.8 Å². The molecule has 0 aromatic carbocycles. The molecule has 160 valence electrons. The van der Waals surface area contributed by atoms with Gasteiger partial charge in [0.15, 0.2) is 20.3 Å². The highest BCUT2D eigenvalue weighted by Crippen LogP contribution is 2.40. The van der Waals surface area contributed by atoms with Crippen molar-refractivity contribution < 1.29 is 19.3 Å². The van der Waals surface area contributed by atoms with Gasteiger partial charge in [0.25, 0.3) is 0 Å². The summed E-state index contributed by atoms with van der Waals surface area (Å²) in [7, 11) is -2.05. The van der Waals surface area contributed by atoms with Crippen molar-refractivity contribution in [1.29, 1.82) is 0 Å². The van der Waals surface area contributed by atoms with Gasteiger partial charge in [0.1, 0.15) is 12.2 Å². The lowest BCUT2D eigenvalue weighted by Crippen LogP contribution is -2.31. The molecule has 1 aliphatic carbocycles. The zero-order valence-electron chi connectivity index (χ0n) is 16.6. The Morgan fingerprint density at radius 3 is 2.90 bits per heavy atom. The number of fused-ring (bicyclic) bond motifs is 1. The van der Waals surface area contributed by atoms with E-state index >= 15 is 0 Å². The second-order valence-corrected chi connectivity index (χ2v) is 9.75. The number of anilines is 1. The van der Waals surface area contributed by atoms with Crippen LogP contribution in [0.3, 0.4) is 0 Å². The molecule has 2 fully saturated rings. The summed E-state index contributed by atoms with van der Waals surface area (Å²) in [5, 5.41) is 9.08. The Morgan fingerprint density at radius 1 is 1.34 bits per heavy atom. The van der Waals surface area contributed by atoms with Crippen molar-refractivity contribution in [2.45, 2.75) is 64.3 Å². The van der Waals surface area contributed by atoms with E-state index in [0.29, 0.717) is 24.1 Å². The Labute approximate surface area is 175 Å². The first-order valence-corrected chi connectivity index (χ1v) is 11.7. The van der Waals surface area contributed by atoms with Gasteiger partial charge in [0.2, 0.25) is 5.28 Å². The molecule has 9 nitrogen and oxygen atoms in total. The van der Waals surface area contributed by atoms with Crippen molar-refractivity contribution in [2.75, 3.05) is 18.3 Å². The number of halogens is 1. The highest BCUT2D eigenvalue weighted by molar-refractivity contribution is 7.44. The van der Waals surface area contributed by atoms with E-state index in [1.807, 2.05) is 0 Å². The molecule has 1 aliphatic heterocycles. The lowest BCUT2D eigenvalue weighted by Gasteiger charge is -2.28. The SMILES string of the molecule is CC1(C)CCCC1Nc1nc(Cl)nc2c1cnn2C1CCC(COCP(O)O)O1. The van der Waals surface area contributed by atoms with Gasteiger partial charge in [-0.2, -0.15) is 15.1 Å². The average molecular weight is 444 g/mol. The van der Waals surface area contributed by atoms with Gasteiger partial charge < -0.3 is 24.6 Å². The molecular weight excluding hydrogens is 417 g/mol. The summed E-state index contributed by atoms with van der Waals surface area (Å²) >= 11 is 6.23. The minimum absolute atomic E-state index is 0.0695. The molecule has 3 heterocycles. The maximum atomic E-state index is 8.94. The predicted molar refractivity (Wildman–Crippen MR) is 111 cm³/mol. The van der Waals surface area contributed by atoms with Crippen LogP contribution in [0.2, 0.25) is 5.28 Å². The first-order valence-electron chi connectivity index (χ1n) is 9.89. The summed E-state index contributed by atoms with van der Waals surface area (Å²) in [6, 6.07) is 0.327. The molecule has 3 N–H and O–H groups in total. The van der Waals surface area contributed by atoms with Gasteiger partial charge in [0, 0.05) is 6.04 Å². The van der Waals surface area contributed by atoms with Crippen LogP contribution < -0.4 is 5.32 Å². The van der Waals surface area contributed by atoms with Crippen molar-refractivity contribution in [2.24, 2.45) is 5.41 Å². The first-order chi connectivity index (χ1) is 13.8. The largest absolute Gasteiger partial charge is 0.369 e. The summed E-state index contributed by atoms with van der Waals surface area (Å²) in [6.07, 6.45) is 6.32. The Kier molecular flexibility index (Phi) is 6.25. The highest BCUT2D eigenvalue weighted by Gasteiger charge is 2.35. The fourth-order valence-electron chi connectivity index (χ4n) is 4.23. The summed E-state index contributed by atoms with van der Waals surface area (Å²) in [5.74, 6) is 0.711. The summed E-state index contributed by atoms with van der Waals surface area (Å²) in [6.45, 7) is 4.86. The fraction of sp³-hybridized carbons (Fsp3) is 0.722. The van der Waals surface area contributed by atoms with Gasteiger partial charge in [-0.15, -0.1) is 0 Å². The normalized spacial score (nSPS) is 26.6. The van der Waals surface area contributed by atoms with Crippen molar-refractivity contribution in [3.8, 4) is 0 Å². The zero-order chi connectivity index (χ0) is 20.6. The predicted octanol–water partition coefficient (Wildman–Crippen LogP) is 3.42. The molecule has 0 spiro atoms. The van der Waals surface area contributed by atoms with Crippen molar-refractivity contribution >= 4 is 36.8 Å². The Balaban J connectivity index is 1.51. The van der Waals surface area contributed by atoms with Crippen LogP contribution >= 0.6 is 20.0 Å². The first kappa shape index (κ1) is 21.2. The Bertz CT molecular complexity index is 864. The lowest BCUT2D eigenvalue weighted by atomic mass is 9.87. The van der Waals surface area contributed by atoms with E-state index in [1.54, 1.807) is 10.9 Å². The number of rotatable bonds is 7. The van der Waals surface area contributed by atoms with Gasteiger partial charge in [0.05, 0.1) is 24.3 Å². The maximum Gasteiger partial charge on any atom is 0.226 e. The van der Waals surface area contributed by atoms with E-state index in [-0.39, 0.29) is 29.4 Å². The summed E-state index contributed by atoms with van der Waals surface area (Å²) in [4.78, 5) is 26.7. The second kappa shape index (κ2) is 8.57. The Hall–Kier alpha value is -1.09. The maximum absolute atomic E-state index is 8.94. The number of aromatic nitrogens is 4. The van der Waals surface area contributed by atoms with Crippen LogP contribution in [0.5, 0.6) is 0 Å². The van der Waals surface area contributed by atoms with Crippen LogP contribution in [-0.2, 0) is 9.47 Å². The van der Waals surface area contributed by atoms with E-state index in [0.717, 1.165) is 24.6 Å². The molecule has 3 atom stereocenters. The van der Waals surface area contributed by atoms with Crippen molar-refractivity contribution in [3.05, 3.63) is 11.5 Å². The molecule has 1 saturated heterocycles. The smallest absolute Gasteiger partial charge is 0.226 e. The zero-order valence-corrected chi connectivity index (χ0v) is 18.2. The standard InChI is InChI=1S/C18H27ClN5O4P/c1-18(2)7-3-4-13(18)21-15-12-8-20-24(16(12)23-17(19)22-15)14-6-5-11(28-14)9-27-10-29(25)26/h8,11,13-14,25-26H,3-7,9-10H2,1-2H3,(H,21,22,23). The molecule has 11 heteroatoms. The molecule has 4 rings (SSSR count). The minimum Gasteiger partial charge on any atom is -0.369 e. The van der Waals surface area contributed by atoms with E-state index in [2.05, 4.69) is 34.2 Å². The van der Waals surface area contributed by atoms with Crippen LogP contribution in [-0.4, -0.2) is 54.6 Å². The van der Waals surface area contributed by atoms with Crippen LogP contribution in [0.4, 0.5) is 5.82 Å². The summed E-state index contributed by atoms with van der Waals surface area (Å²) in [5.41, 5.74) is 0.842. The number of hydrogen-bond acceptors (Lipinski definition) is 8. The molecule has 29 heavy (non-hydrogen) atoms. The van der Waals surface area contributed by atoms with Gasteiger partial charge in [-0.25, -0.2) is 4.68 Å².